The molecule has 0 aliphatic carbocycles. The van der Waals surface area contributed by atoms with Crippen LogP contribution in [0, 0.1) is 16.0 Å². The lowest BCUT2D eigenvalue weighted by molar-refractivity contribution is -0.385. The van der Waals surface area contributed by atoms with Gasteiger partial charge in [0, 0.05) is 35.9 Å². The highest BCUT2D eigenvalue weighted by Gasteiger charge is 2.40. The van der Waals surface area contributed by atoms with E-state index in [9.17, 15) is 10.1 Å². The number of benzene rings is 2. The van der Waals surface area contributed by atoms with Crippen molar-refractivity contribution in [3.63, 3.8) is 0 Å². The fourth-order valence-corrected chi connectivity index (χ4v) is 3.76. The summed E-state index contributed by atoms with van der Waals surface area (Å²) in [5.74, 6) is 0.292. The average Bonchev–Trinajstić information content (AvgIpc) is 2.61. The molecule has 2 aromatic carbocycles. The number of anilines is 1. The SMILES string of the molecule is O=[N+]([O-])c1ccc2c(c1)[C@@H]1OCCC[C@@H]1[C@@H](c1ccccc1)N2. The van der Waals surface area contributed by atoms with Gasteiger partial charge in [-0.2, -0.15) is 0 Å². The topological polar surface area (TPSA) is 64.4 Å². The van der Waals surface area contributed by atoms with Gasteiger partial charge in [0.15, 0.2) is 0 Å². The maximum absolute atomic E-state index is 11.1. The lowest BCUT2D eigenvalue weighted by Crippen LogP contribution is -2.36. The fourth-order valence-electron chi connectivity index (χ4n) is 3.76. The molecule has 4 rings (SSSR count). The van der Waals surface area contributed by atoms with Crippen molar-refractivity contribution in [3.05, 3.63) is 69.8 Å². The first-order valence-electron chi connectivity index (χ1n) is 7.95. The molecule has 118 valence electrons. The van der Waals surface area contributed by atoms with Gasteiger partial charge < -0.3 is 10.1 Å². The Morgan fingerprint density at radius 1 is 1.17 bits per heavy atom. The molecule has 3 atom stereocenters. The summed E-state index contributed by atoms with van der Waals surface area (Å²) < 4.78 is 6.03. The van der Waals surface area contributed by atoms with Crippen molar-refractivity contribution in [1.82, 2.24) is 0 Å². The van der Waals surface area contributed by atoms with Crippen molar-refractivity contribution in [3.8, 4) is 0 Å². The first kappa shape index (κ1) is 14.2. The fraction of sp³-hybridized carbons (Fsp3) is 0.333. The smallest absolute Gasteiger partial charge is 0.269 e. The third-order valence-electron chi connectivity index (χ3n) is 4.82. The Bertz CT molecular complexity index is 732. The summed E-state index contributed by atoms with van der Waals surface area (Å²) in [7, 11) is 0. The minimum absolute atomic E-state index is 0.0786. The van der Waals surface area contributed by atoms with E-state index in [4.69, 9.17) is 4.74 Å². The van der Waals surface area contributed by atoms with Gasteiger partial charge in [0.05, 0.1) is 17.1 Å². The van der Waals surface area contributed by atoms with Crippen LogP contribution in [0.15, 0.2) is 48.5 Å². The van der Waals surface area contributed by atoms with E-state index in [-0.39, 0.29) is 22.8 Å². The van der Waals surface area contributed by atoms with Crippen LogP contribution in [-0.2, 0) is 4.74 Å². The van der Waals surface area contributed by atoms with Crippen molar-refractivity contribution in [2.75, 3.05) is 11.9 Å². The molecule has 0 amide bonds. The number of non-ortho nitro benzene ring substituents is 1. The van der Waals surface area contributed by atoms with Crippen LogP contribution < -0.4 is 5.32 Å². The molecule has 2 heterocycles. The Labute approximate surface area is 134 Å². The van der Waals surface area contributed by atoms with E-state index in [1.54, 1.807) is 18.2 Å². The highest BCUT2D eigenvalue weighted by molar-refractivity contribution is 5.60. The van der Waals surface area contributed by atoms with E-state index in [1.165, 1.54) is 5.56 Å². The largest absolute Gasteiger partial charge is 0.378 e. The molecule has 0 unspecified atom stereocenters. The van der Waals surface area contributed by atoms with Crippen LogP contribution in [0.3, 0.4) is 0 Å². The van der Waals surface area contributed by atoms with Crippen molar-refractivity contribution in [1.29, 1.82) is 0 Å². The number of nitrogens with one attached hydrogen (secondary N) is 1. The number of nitro benzene ring substituents is 1. The predicted molar refractivity (Wildman–Crippen MR) is 87.3 cm³/mol. The third kappa shape index (κ3) is 2.47. The van der Waals surface area contributed by atoms with Gasteiger partial charge in [-0.15, -0.1) is 0 Å². The van der Waals surface area contributed by atoms with Crippen LogP contribution in [0.25, 0.3) is 0 Å². The maximum atomic E-state index is 11.1. The molecular formula is C18H18N2O3. The second-order valence-electron chi connectivity index (χ2n) is 6.16. The zero-order valence-corrected chi connectivity index (χ0v) is 12.6. The summed E-state index contributed by atoms with van der Waals surface area (Å²) in [6, 6.07) is 15.5. The van der Waals surface area contributed by atoms with E-state index in [0.717, 1.165) is 24.1 Å². The van der Waals surface area contributed by atoms with Gasteiger partial charge in [-0.05, 0) is 24.5 Å². The van der Waals surface area contributed by atoms with Gasteiger partial charge >= 0.3 is 0 Å². The Hall–Kier alpha value is -2.40. The lowest BCUT2D eigenvalue weighted by Gasteiger charge is -2.43. The number of rotatable bonds is 2. The number of hydrogen-bond donors (Lipinski definition) is 1. The molecule has 0 saturated carbocycles. The van der Waals surface area contributed by atoms with Gasteiger partial charge in [-0.3, -0.25) is 10.1 Å². The van der Waals surface area contributed by atoms with E-state index < -0.39 is 0 Å². The molecule has 1 saturated heterocycles. The number of ether oxygens (including phenoxy) is 1. The molecule has 0 bridgehead atoms. The van der Waals surface area contributed by atoms with Gasteiger partial charge in [-0.25, -0.2) is 0 Å². The molecule has 5 heteroatoms. The van der Waals surface area contributed by atoms with Gasteiger partial charge in [0.1, 0.15) is 0 Å². The zero-order valence-electron chi connectivity index (χ0n) is 12.6. The second kappa shape index (κ2) is 5.66. The number of hydrogen-bond acceptors (Lipinski definition) is 4. The van der Waals surface area contributed by atoms with Crippen LogP contribution in [0.2, 0.25) is 0 Å². The summed E-state index contributed by atoms with van der Waals surface area (Å²) >= 11 is 0. The molecule has 2 aliphatic rings. The van der Waals surface area contributed by atoms with E-state index in [0.29, 0.717) is 12.5 Å². The first-order valence-corrected chi connectivity index (χ1v) is 7.95. The van der Waals surface area contributed by atoms with E-state index in [2.05, 4.69) is 17.4 Å². The third-order valence-corrected chi connectivity index (χ3v) is 4.82. The summed E-state index contributed by atoms with van der Waals surface area (Å²) in [5, 5.41) is 14.7. The molecule has 2 aromatic rings. The Morgan fingerprint density at radius 2 is 2.00 bits per heavy atom. The van der Waals surface area contributed by atoms with Crippen LogP contribution in [0.1, 0.15) is 36.1 Å². The van der Waals surface area contributed by atoms with Crippen molar-refractivity contribution < 1.29 is 9.66 Å². The molecule has 0 spiro atoms. The Balaban J connectivity index is 1.78. The van der Waals surface area contributed by atoms with Gasteiger partial charge in [-0.1, -0.05) is 30.3 Å². The van der Waals surface area contributed by atoms with Crippen molar-refractivity contribution in [2.45, 2.75) is 25.0 Å². The summed E-state index contributed by atoms with van der Waals surface area (Å²) in [5.41, 5.74) is 3.21. The van der Waals surface area contributed by atoms with Crippen LogP contribution in [-0.4, -0.2) is 11.5 Å². The number of fused-ring (bicyclic) bond motifs is 3. The standard InChI is InChI=1S/C18H18N2O3/c21-20(22)13-8-9-16-15(11-13)18-14(7-4-10-23-18)17(19-16)12-5-2-1-3-6-12/h1-3,5-6,8-9,11,14,17-19H,4,7,10H2/t14-,17-,18-/m1/s1. The highest BCUT2D eigenvalue weighted by Crippen LogP contribution is 2.49. The molecule has 5 nitrogen and oxygen atoms in total. The molecule has 0 aromatic heterocycles. The number of nitro groups is 1. The minimum Gasteiger partial charge on any atom is -0.378 e. The molecule has 1 N–H and O–H groups in total. The second-order valence-corrected chi connectivity index (χ2v) is 6.16. The van der Waals surface area contributed by atoms with E-state index in [1.807, 2.05) is 18.2 Å². The van der Waals surface area contributed by atoms with Crippen LogP contribution >= 0.6 is 0 Å². The van der Waals surface area contributed by atoms with Crippen LogP contribution in [0.4, 0.5) is 11.4 Å². The van der Waals surface area contributed by atoms with Crippen molar-refractivity contribution in [2.24, 2.45) is 5.92 Å². The minimum atomic E-state index is -0.346. The first-order chi connectivity index (χ1) is 11.2. The van der Waals surface area contributed by atoms with Crippen molar-refractivity contribution >= 4 is 11.4 Å². The lowest BCUT2D eigenvalue weighted by atomic mass is 9.77. The molecule has 0 radical (unpaired) electrons. The Kier molecular flexibility index (Phi) is 3.50. The average molecular weight is 310 g/mol. The molecule has 1 fully saturated rings. The summed E-state index contributed by atoms with van der Waals surface area (Å²) in [4.78, 5) is 10.7. The van der Waals surface area contributed by atoms with Gasteiger partial charge in [0.25, 0.3) is 5.69 Å². The maximum Gasteiger partial charge on any atom is 0.269 e. The normalized spacial score (nSPS) is 25.8. The van der Waals surface area contributed by atoms with Gasteiger partial charge in [0.2, 0.25) is 0 Å². The molecule has 2 aliphatic heterocycles. The summed E-state index contributed by atoms with van der Waals surface area (Å²) in [6.07, 6.45) is 2.00. The zero-order chi connectivity index (χ0) is 15.8. The number of nitrogens with zero attached hydrogens (tertiary/aromatic N) is 1. The van der Waals surface area contributed by atoms with Crippen LogP contribution in [0.5, 0.6) is 0 Å². The Morgan fingerprint density at radius 3 is 2.78 bits per heavy atom. The predicted octanol–water partition coefficient (Wildman–Crippen LogP) is 4.23. The molecule has 23 heavy (non-hydrogen) atoms. The van der Waals surface area contributed by atoms with E-state index >= 15 is 0 Å². The summed E-state index contributed by atoms with van der Waals surface area (Å²) in [6.45, 7) is 0.713. The molecular weight excluding hydrogens is 292 g/mol. The quantitative estimate of drug-likeness (QED) is 0.666. The highest BCUT2D eigenvalue weighted by atomic mass is 16.6. The monoisotopic (exact) mass is 310 g/mol.